The second kappa shape index (κ2) is 5.30. The first kappa shape index (κ1) is 12.7. The molecular weight excluding hydrogens is 240 g/mol. The van der Waals surface area contributed by atoms with Crippen LogP contribution in [0.2, 0.25) is 0 Å². The molecule has 7 heteroatoms. The van der Waals surface area contributed by atoms with Crippen LogP contribution in [0.25, 0.3) is 0 Å². The maximum Gasteiger partial charge on any atom is 0.330 e. The van der Waals surface area contributed by atoms with E-state index in [1.165, 1.54) is 16.8 Å². The van der Waals surface area contributed by atoms with Gasteiger partial charge < -0.3 is 14.9 Å². The molecule has 0 saturated carbocycles. The third-order valence-electron chi connectivity index (χ3n) is 2.83. The number of aromatic nitrogens is 2. The second-order valence-corrected chi connectivity index (χ2v) is 4.00. The summed E-state index contributed by atoms with van der Waals surface area (Å²) in [5, 5.41) is 18.2. The summed E-state index contributed by atoms with van der Waals surface area (Å²) in [4.78, 5) is 24.6. The van der Waals surface area contributed by atoms with Crippen LogP contribution < -0.4 is 11.2 Å². The third-order valence-corrected chi connectivity index (χ3v) is 2.83. The Morgan fingerprint density at radius 3 is 2.67 bits per heavy atom. The van der Waals surface area contributed by atoms with Crippen molar-refractivity contribution in [1.82, 2.24) is 9.55 Å². The van der Waals surface area contributed by atoms with Crippen LogP contribution >= 0.6 is 0 Å². The summed E-state index contributed by atoms with van der Waals surface area (Å²) in [5.74, 6) is -0.301. The van der Waals surface area contributed by atoms with Gasteiger partial charge in [-0.1, -0.05) is 6.08 Å². The molecule has 1 aromatic heterocycles. The smallest absolute Gasteiger partial charge is 0.330 e. The molecular formula is C11H14N2O5. The normalized spacial score (nSPS) is 27.3. The van der Waals surface area contributed by atoms with Crippen molar-refractivity contribution in [2.45, 2.75) is 12.3 Å². The van der Waals surface area contributed by atoms with Gasteiger partial charge in [-0.05, 0) is 6.08 Å². The minimum absolute atomic E-state index is 0.144. The summed E-state index contributed by atoms with van der Waals surface area (Å²) in [6.07, 6.45) is 3.33. The molecule has 7 nitrogen and oxygen atoms in total. The van der Waals surface area contributed by atoms with Crippen molar-refractivity contribution in [3.63, 3.8) is 0 Å². The van der Waals surface area contributed by atoms with Crippen molar-refractivity contribution >= 4 is 0 Å². The summed E-state index contributed by atoms with van der Waals surface area (Å²) < 4.78 is 6.69. The van der Waals surface area contributed by atoms with E-state index in [1.54, 1.807) is 12.2 Å². The molecule has 2 heterocycles. The molecule has 1 aliphatic heterocycles. The van der Waals surface area contributed by atoms with Gasteiger partial charge in [-0.2, -0.15) is 0 Å². The van der Waals surface area contributed by atoms with Gasteiger partial charge in [0.2, 0.25) is 0 Å². The van der Waals surface area contributed by atoms with Crippen molar-refractivity contribution in [1.29, 1.82) is 0 Å². The minimum Gasteiger partial charge on any atom is -0.396 e. The van der Waals surface area contributed by atoms with Gasteiger partial charge >= 0.3 is 5.69 Å². The van der Waals surface area contributed by atoms with E-state index in [0.29, 0.717) is 0 Å². The van der Waals surface area contributed by atoms with Crippen molar-refractivity contribution in [2.75, 3.05) is 13.2 Å². The molecule has 18 heavy (non-hydrogen) atoms. The quantitative estimate of drug-likeness (QED) is 0.575. The Balaban J connectivity index is 2.30. The Morgan fingerprint density at radius 2 is 2.06 bits per heavy atom. The number of nitrogens with zero attached hydrogens (tertiary/aromatic N) is 1. The van der Waals surface area contributed by atoms with E-state index in [-0.39, 0.29) is 19.1 Å². The number of aliphatic hydroxyl groups is 2. The topological polar surface area (TPSA) is 105 Å². The zero-order valence-corrected chi connectivity index (χ0v) is 9.52. The average Bonchev–Trinajstić information content (AvgIpc) is 2.38. The number of aromatic amines is 1. The van der Waals surface area contributed by atoms with Crippen molar-refractivity contribution < 1.29 is 14.9 Å². The number of rotatable bonds is 3. The molecule has 0 bridgehead atoms. The molecule has 1 unspecified atom stereocenters. The third kappa shape index (κ3) is 2.42. The first-order valence-corrected chi connectivity index (χ1v) is 5.52. The highest BCUT2D eigenvalue weighted by Crippen LogP contribution is 2.23. The summed E-state index contributed by atoms with van der Waals surface area (Å²) in [7, 11) is 0. The van der Waals surface area contributed by atoms with E-state index in [2.05, 4.69) is 4.98 Å². The standard InChI is InChI=1S/C11H14N2O5/c14-5-7-1-2-10(18-8(7)6-15)13-4-3-9(16)12-11(13)17/h1-4,7-8,10,14-15H,5-6H2,(H,12,16,17)/t7-,8-,10?/m1/s1. The van der Waals surface area contributed by atoms with Gasteiger partial charge in [-0.15, -0.1) is 0 Å². The van der Waals surface area contributed by atoms with Crippen LogP contribution in [0.3, 0.4) is 0 Å². The molecule has 0 fully saturated rings. The number of aliphatic hydroxyl groups excluding tert-OH is 2. The second-order valence-electron chi connectivity index (χ2n) is 4.00. The molecule has 1 aliphatic rings. The molecule has 2 rings (SSSR count). The van der Waals surface area contributed by atoms with E-state index in [4.69, 9.17) is 14.9 Å². The Hall–Kier alpha value is -1.70. The largest absolute Gasteiger partial charge is 0.396 e. The number of hydrogen-bond donors (Lipinski definition) is 3. The van der Waals surface area contributed by atoms with Gasteiger partial charge in [0, 0.05) is 18.2 Å². The molecule has 0 aliphatic carbocycles. The van der Waals surface area contributed by atoms with Gasteiger partial charge in [-0.3, -0.25) is 14.3 Å². The lowest BCUT2D eigenvalue weighted by Crippen LogP contribution is -2.39. The Bertz CT molecular complexity index is 547. The SMILES string of the molecule is O=c1ccn(C2C=C[C@H](CO)[C@@H](CO)O2)c(=O)[nH]1. The van der Waals surface area contributed by atoms with E-state index < -0.39 is 23.6 Å². The summed E-state index contributed by atoms with van der Waals surface area (Å²) in [6.45, 7) is -0.404. The van der Waals surface area contributed by atoms with Crippen LogP contribution in [-0.4, -0.2) is 39.1 Å². The molecule has 0 aromatic carbocycles. The minimum atomic E-state index is -0.700. The highest BCUT2D eigenvalue weighted by Gasteiger charge is 2.27. The van der Waals surface area contributed by atoms with Crippen molar-refractivity contribution in [3.05, 3.63) is 45.3 Å². The van der Waals surface area contributed by atoms with E-state index >= 15 is 0 Å². The summed E-state index contributed by atoms with van der Waals surface area (Å²) >= 11 is 0. The maximum absolute atomic E-state index is 11.6. The fraction of sp³-hybridized carbons (Fsp3) is 0.455. The highest BCUT2D eigenvalue weighted by atomic mass is 16.5. The van der Waals surface area contributed by atoms with Crippen LogP contribution in [0, 0.1) is 5.92 Å². The molecule has 0 amide bonds. The monoisotopic (exact) mass is 254 g/mol. The summed E-state index contributed by atoms with van der Waals surface area (Å²) in [5.41, 5.74) is -1.07. The van der Waals surface area contributed by atoms with Crippen LogP contribution in [0.4, 0.5) is 0 Å². The number of nitrogens with one attached hydrogen (secondary N) is 1. The molecule has 0 spiro atoms. The van der Waals surface area contributed by atoms with Gasteiger partial charge in [0.05, 0.1) is 19.3 Å². The predicted molar refractivity (Wildman–Crippen MR) is 62.0 cm³/mol. The van der Waals surface area contributed by atoms with E-state index in [0.717, 1.165) is 0 Å². The molecule has 0 saturated heterocycles. The zero-order chi connectivity index (χ0) is 13.1. The first-order valence-electron chi connectivity index (χ1n) is 5.52. The summed E-state index contributed by atoms with van der Waals surface area (Å²) in [6, 6.07) is 1.21. The number of ether oxygens (including phenoxy) is 1. The number of H-pyrrole nitrogens is 1. The zero-order valence-electron chi connectivity index (χ0n) is 9.52. The van der Waals surface area contributed by atoms with Gasteiger partial charge in [0.25, 0.3) is 5.56 Å². The molecule has 1 aromatic rings. The van der Waals surface area contributed by atoms with E-state index in [1.807, 2.05) is 0 Å². The Labute approximate surface area is 102 Å². The lowest BCUT2D eigenvalue weighted by Gasteiger charge is -2.30. The highest BCUT2D eigenvalue weighted by molar-refractivity contribution is 5.01. The van der Waals surface area contributed by atoms with Gasteiger partial charge in [0.15, 0.2) is 6.23 Å². The van der Waals surface area contributed by atoms with Crippen molar-refractivity contribution in [3.8, 4) is 0 Å². The Kier molecular flexibility index (Phi) is 3.75. The van der Waals surface area contributed by atoms with Crippen LogP contribution in [0.1, 0.15) is 6.23 Å². The van der Waals surface area contributed by atoms with Gasteiger partial charge in [-0.25, -0.2) is 4.79 Å². The average molecular weight is 254 g/mol. The lowest BCUT2D eigenvalue weighted by atomic mass is 10.0. The fourth-order valence-corrected chi connectivity index (χ4v) is 1.83. The van der Waals surface area contributed by atoms with Crippen LogP contribution in [-0.2, 0) is 4.74 Å². The number of hydrogen-bond acceptors (Lipinski definition) is 5. The van der Waals surface area contributed by atoms with Crippen LogP contribution in [0.15, 0.2) is 34.0 Å². The van der Waals surface area contributed by atoms with Crippen molar-refractivity contribution in [2.24, 2.45) is 5.92 Å². The van der Waals surface area contributed by atoms with E-state index in [9.17, 15) is 9.59 Å². The first-order chi connectivity index (χ1) is 8.65. The maximum atomic E-state index is 11.6. The Morgan fingerprint density at radius 1 is 1.28 bits per heavy atom. The molecule has 3 N–H and O–H groups in total. The molecule has 0 radical (unpaired) electrons. The lowest BCUT2D eigenvalue weighted by molar-refractivity contribution is -0.0886. The van der Waals surface area contributed by atoms with Gasteiger partial charge in [0.1, 0.15) is 0 Å². The fourth-order valence-electron chi connectivity index (χ4n) is 1.83. The predicted octanol–water partition coefficient (Wildman–Crippen LogP) is -1.41. The molecule has 98 valence electrons. The van der Waals surface area contributed by atoms with Crippen LogP contribution in [0.5, 0.6) is 0 Å². The molecule has 3 atom stereocenters.